The first-order chi connectivity index (χ1) is 12.6. The predicted octanol–water partition coefficient (Wildman–Crippen LogP) is 3.50. The zero-order valence-electron chi connectivity index (χ0n) is 14.4. The number of aryl methyl sites for hydroxylation is 1. The van der Waals surface area contributed by atoms with Gasteiger partial charge in [0.15, 0.2) is 0 Å². The van der Waals surface area contributed by atoms with E-state index in [1.165, 1.54) is 23.4 Å². The van der Waals surface area contributed by atoms with E-state index in [2.05, 4.69) is 17.2 Å². The first-order valence-corrected chi connectivity index (χ1v) is 9.51. The van der Waals surface area contributed by atoms with Gasteiger partial charge in [-0.2, -0.15) is 0 Å². The van der Waals surface area contributed by atoms with Crippen LogP contribution in [0.15, 0.2) is 36.2 Å². The van der Waals surface area contributed by atoms with Crippen molar-refractivity contribution in [2.45, 2.75) is 38.8 Å². The fourth-order valence-corrected chi connectivity index (χ4v) is 4.19. The molecule has 0 spiro atoms. The summed E-state index contributed by atoms with van der Waals surface area (Å²) in [5, 5.41) is 7.33. The predicted molar refractivity (Wildman–Crippen MR) is 101 cm³/mol. The summed E-state index contributed by atoms with van der Waals surface area (Å²) < 4.78 is 14.2. The molecule has 0 atom stereocenters. The average Bonchev–Trinajstić information content (AvgIpc) is 3.09. The van der Waals surface area contributed by atoms with Gasteiger partial charge in [0.1, 0.15) is 5.82 Å². The number of amides is 2. The third-order valence-corrected chi connectivity index (χ3v) is 5.60. The summed E-state index contributed by atoms with van der Waals surface area (Å²) in [6.45, 7) is 3.73. The number of fused-ring (bicyclic) bond motifs is 1. The molecule has 26 heavy (non-hydrogen) atoms. The van der Waals surface area contributed by atoms with Crippen LogP contribution in [0.3, 0.4) is 0 Å². The Morgan fingerprint density at radius 3 is 2.77 bits per heavy atom. The molecule has 1 aromatic heterocycles. The molecule has 136 valence electrons. The number of carbonyl (C=O) groups is 2. The van der Waals surface area contributed by atoms with Gasteiger partial charge in [-0.15, -0.1) is 11.3 Å². The van der Waals surface area contributed by atoms with Gasteiger partial charge in [0.2, 0.25) is 5.91 Å². The van der Waals surface area contributed by atoms with Crippen LogP contribution in [0.2, 0.25) is 0 Å². The molecule has 0 unspecified atom stereocenters. The highest BCUT2D eigenvalue weighted by atomic mass is 32.1. The maximum atomic E-state index is 14.2. The average molecular weight is 372 g/mol. The summed E-state index contributed by atoms with van der Waals surface area (Å²) in [5.41, 5.74) is 2.96. The van der Waals surface area contributed by atoms with Crippen LogP contribution < -0.4 is 10.6 Å². The molecule has 0 aliphatic heterocycles. The molecule has 1 heterocycles. The van der Waals surface area contributed by atoms with Gasteiger partial charge in [0.25, 0.3) is 5.91 Å². The van der Waals surface area contributed by atoms with Crippen molar-refractivity contribution in [2.75, 3.05) is 0 Å². The molecule has 2 amide bonds. The van der Waals surface area contributed by atoms with Crippen molar-refractivity contribution < 1.29 is 14.0 Å². The largest absolute Gasteiger partial charge is 0.348 e. The quantitative estimate of drug-likeness (QED) is 0.763. The molecule has 2 aromatic rings. The van der Waals surface area contributed by atoms with E-state index in [9.17, 15) is 14.0 Å². The first-order valence-electron chi connectivity index (χ1n) is 8.63. The second kappa shape index (κ2) is 8.27. The van der Waals surface area contributed by atoms with Gasteiger partial charge in [-0.1, -0.05) is 18.7 Å². The first kappa shape index (κ1) is 18.3. The molecule has 3 rings (SSSR count). The highest BCUT2D eigenvalue weighted by molar-refractivity contribution is 7.10. The van der Waals surface area contributed by atoms with Crippen molar-refractivity contribution in [2.24, 2.45) is 0 Å². The number of halogens is 1. The standard InChI is InChI=1S/C20H21FN2O2S/c1-2-19(24)22-10-13-7-8-14(17(21)9-13)11-23-20(25)16-12-26-18-6-4-3-5-15(16)18/h2,7-9,12H,1,3-6,10-11H2,(H,22,24)(H,23,25). The maximum Gasteiger partial charge on any atom is 0.252 e. The van der Waals surface area contributed by atoms with Crippen LogP contribution in [0, 0.1) is 5.82 Å². The van der Waals surface area contributed by atoms with E-state index >= 15 is 0 Å². The topological polar surface area (TPSA) is 58.2 Å². The Balaban J connectivity index is 1.60. The molecular formula is C20H21FN2O2S. The number of benzene rings is 1. The van der Waals surface area contributed by atoms with E-state index in [0.717, 1.165) is 30.4 Å². The lowest BCUT2D eigenvalue weighted by Crippen LogP contribution is -2.24. The lowest BCUT2D eigenvalue weighted by molar-refractivity contribution is -0.116. The van der Waals surface area contributed by atoms with Gasteiger partial charge < -0.3 is 10.6 Å². The minimum absolute atomic E-state index is 0.134. The van der Waals surface area contributed by atoms with E-state index in [1.807, 2.05) is 5.38 Å². The maximum absolute atomic E-state index is 14.2. The fourth-order valence-electron chi connectivity index (χ4n) is 3.06. The summed E-state index contributed by atoms with van der Waals surface area (Å²) >= 11 is 1.64. The molecular weight excluding hydrogens is 351 g/mol. The van der Waals surface area contributed by atoms with Crippen molar-refractivity contribution in [1.82, 2.24) is 10.6 Å². The number of hydrogen-bond acceptors (Lipinski definition) is 3. The summed E-state index contributed by atoms with van der Waals surface area (Å²) in [6, 6.07) is 4.74. The molecule has 2 N–H and O–H groups in total. The highest BCUT2D eigenvalue weighted by Crippen LogP contribution is 2.30. The Bertz CT molecular complexity index is 844. The zero-order valence-corrected chi connectivity index (χ0v) is 15.3. The van der Waals surface area contributed by atoms with Crippen molar-refractivity contribution in [3.63, 3.8) is 0 Å². The van der Waals surface area contributed by atoms with Crippen LogP contribution in [0.4, 0.5) is 4.39 Å². The van der Waals surface area contributed by atoms with Gasteiger partial charge in [-0.05, 0) is 49.0 Å². The Hall–Kier alpha value is -2.47. The van der Waals surface area contributed by atoms with Crippen molar-refractivity contribution in [1.29, 1.82) is 0 Å². The van der Waals surface area contributed by atoms with E-state index in [0.29, 0.717) is 11.1 Å². The number of thiophene rings is 1. The fraction of sp³-hybridized carbons (Fsp3) is 0.300. The second-order valence-corrected chi connectivity index (χ2v) is 7.25. The van der Waals surface area contributed by atoms with Gasteiger partial charge in [-0.25, -0.2) is 4.39 Å². The Morgan fingerprint density at radius 1 is 1.19 bits per heavy atom. The molecule has 0 fully saturated rings. The number of nitrogens with one attached hydrogen (secondary N) is 2. The van der Waals surface area contributed by atoms with Crippen LogP contribution in [0.5, 0.6) is 0 Å². The normalized spacial score (nSPS) is 13.0. The number of carbonyl (C=O) groups excluding carboxylic acids is 2. The second-order valence-electron chi connectivity index (χ2n) is 6.29. The summed E-state index contributed by atoms with van der Waals surface area (Å²) in [4.78, 5) is 24.9. The molecule has 0 saturated carbocycles. The summed E-state index contributed by atoms with van der Waals surface area (Å²) in [5.74, 6) is -0.852. The Labute approximate surface area is 156 Å². The van der Waals surface area contributed by atoms with Crippen molar-refractivity contribution in [3.8, 4) is 0 Å². The zero-order chi connectivity index (χ0) is 18.5. The van der Waals surface area contributed by atoms with Crippen LogP contribution in [-0.2, 0) is 30.7 Å². The van der Waals surface area contributed by atoms with E-state index in [4.69, 9.17) is 0 Å². The highest BCUT2D eigenvalue weighted by Gasteiger charge is 2.20. The van der Waals surface area contributed by atoms with E-state index < -0.39 is 5.82 Å². The van der Waals surface area contributed by atoms with Crippen molar-refractivity contribution >= 4 is 23.2 Å². The minimum atomic E-state index is -0.400. The van der Waals surface area contributed by atoms with Gasteiger partial charge >= 0.3 is 0 Å². The van der Waals surface area contributed by atoms with Crippen LogP contribution in [0.25, 0.3) is 0 Å². The van der Waals surface area contributed by atoms with Crippen LogP contribution >= 0.6 is 11.3 Å². The van der Waals surface area contributed by atoms with Gasteiger partial charge in [0, 0.05) is 28.9 Å². The third-order valence-electron chi connectivity index (χ3n) is 4.51. The van der Waals surface area contributed by atoms with Crippen molar-refractivity contribution in [3.05, 3.63) is 69.2 Å². The molecule has 0 saturated heterocycles. The number of hydrogen-bond donors (Lipinski definition) is 2. The molecule has 0 radical (unpaired) electrons. The molecule has 6 heteroatoms. The summed E-state index contributed by atoms with van der Waals surface area (Å²) in [6.07, 6.45) is 5.46. The SMILES string of the molecule is C=CC(=O)NCc1ccc(CNC(=O)c2csc3c2CCCC3)c(F)c1. The number of rotatable bonds is 6. The monoisotopic (exact) mass is 372 g/mol. The summed E-state index contributed by atoms with van der Waals surface area (Å²) in [7, 11) is 0. The lowest BCUT2D eigenvalue weighted by Gasteiger charge is -2.13. The van der Waals surface area contributed by atoms with E-state index in [1.54, 1.807) is 23.5 Å². The lowest BCUT2D eigenvalue weighted by atomic mass is 9.95. The van der Waals surface area contributed by atoms with Crippen LogP contribution in [-0.4, -0.2) is 11.8 Å². The molecule has 4 nitrogen and oxygen atoms in total. The Morgan fingerprint density at radius 2 is 2.00 bits per heavy atom. The smallest absolute Gasteiger partial charge is 0.252 e. The minimum Gasteiger partial charge on any atom is -0.348 e. The molecule has 1 aliphatic carbocycles. The van der Waals surface area contributed by atoms with E-state index in [-0.39, 0.29) is 24.9 Å². The van der Waals surface area contributed by atoms with Gasteiger partial charge in [-0.3, -0.25) is 9.59 Å². The van der Waals surface area contributed by atoms with Crippen LogP contribution in [0.1, 0.15) is 44.8 Å². The molecule has 1 aromatic carbocycles. The third kappa shape index (κ3) is 4.19. The molecule has 1 aliphatic rings. The molecule has 0 bridgehead atoms. The van der Waals surface area contributed by atoms with Gasteiger partial charge in [0.05, 0.1) is 5.56 Å². The Kier molecular flexibility index (Phi) is 5.83.